The molecule has 0 saturated carbocycles. The van der Waals surface area contributed by atoms with Crippen LogP contribution in [-0.4, -0.2) is 11.1 Å². The molecule has 110 valence electrons. The average Bonchev–Trinajstić information content (AvgIpc) is 2.41. The van der Waals surface area contributed by atoms with Crippen LogP contribution in [0.15, 0.2) is 46.9 Å². The van der Waals surface area contributed by atoms with E-state index in [1.807, 2.05) is 0 Å². The molecule has 0 radical (unpaired) electrons. The smallest absolute Gasteiger partial charge is 0.333 e. The molecule has 3 nitrogen and oxygen atoms in total. The number of nitrogens with one attached hydrogen (secondary N) is 1. The average molecular weight is 373 g/mol. The number of carboxylic acids is 1. The van der Waals surface area contributed by atoms with E-state index in [9.17, 15) is 14.3 Å². The first kappa shape index (κ1) is 15.8. The Morgan fingerprint density at radius 1 is 1.33 bits per heavy atom. The fourth-order valence-corrected chi connectivity index (χ4v) is 2.52. The molecule has 0 fully saturated rings. The molecule has 0 spiro atoms. The highest BCUT2D eigenvalue weighted by Crippen LogP contribution is 2.31. The first-order valence-electron chi connectivity index (χ1n) is 6.05. The number of halogens is 3. The minimum Gasteiger partial charge on any atom is -0.479 e. The van der Waals surface area contributed by atoms with Crippen molar-refractivity contribution in [3.63, 3.8) is 0 Å². The van der Waals surface area contributed by atoms with Gasteiger partial charge < -0.3 is 10.4 Å². The third kappa shape index (κ3) is 3.36. The van der Waals surface area contributed by atoms with Crippen molar-refractivity contribution in [2.24, 2.45) is 0 Å². The van der Waals surface area contributed by atoms with Crippen LogP contribution >= 0.6 is 27.5 Å². The molecule has 0 saturated heterocycles. The number of hydrogen-bond acceptors (Lipinski definition) is 2. The quantitative estimate of drug-likeness (QED) is 0.821. The normalized spacial score (nSPS) is 13.5. The number of hydrogen-bond donors (Lipinski definition) is 2. The van der Waals surface area contributed by atoms with E-state index in [-0.39, 0.29) is 5.56 Å². The summed E-state index contributed by atoms with van der Waals surface area (Å²) in [5.74, 6) is -1.79. The summed E-state index contributed by atoms with van der Waals surface area (Å²) < 4.78 is 14.7. The first-order chi connectivity index (χ1) is 9.83. The highest BCUT2D eigenvalue weighted by molar-refractivity contribution is 9.10. The number of anilines is 1. The van der Waals surface area contributed by atoms with Crippen molar-refractivity contribution in [3.8, 4) is 0 Å². The lowest BCUT2D eigenvalue weighted by molar-refractivity contribution is -0.142. The Labute approximate surface area is 134 Å². The van der Waals surface area contributed by atoms with Gasteiger partial charge in [0.05, 0.1) is 0 Å². The Bertz CT molecular complexity index is 695. The summed E-state index contributed by atoms with van der Waals surface area (Å²) in [6.45, 7) is 1.40. The predicted molar refractivity (Wildman–Crippen MR) is 84.2 cm³/mol. The van der Waals surface area contributed by atoms with Gasteiger partial charge in [-0.05, 0) is 43.3 Å². The summed E-state index contributed by atoms with van der Waals surface area (Å²) in [5.41, 5.74) is -1.10. The van der Waals surface area contributed by atoms with Crippen LogP contribution in [0.25, 0.3) is 0 Å². The Morgan fingerprint density at radius 2 is 2.05 bits per heavy atom. The predicted octanol–water partition coefficient (Wildman–Crippen LogP) is 4.65. The number of carbonyl (C=O) groups is 1. The van der Waals surface area contributed by atoms with Gasteiger partial charge in [0.25, 0.3) is 0 Å². The molecular formula is C15H12BrClFNO2. The summed E-state index contributed by atoms with van der Waals surface area (Å²) in [6, 6.07) is 10.8. The molecule has 1 atom stereocenters. The molecule has 2 aromatic carbocycles. The van der Waals surface area contributed by atoms with E-state index < -0.39 is 17.3 Å². The zero-order valence-corrected chi connectivity index (χ0v) is 13.4. The Balaban J connectivity index is 2.50. The second kappa shape index (κ2) is 6.03. The summed E-state index contributed by atoms with van der Waals surface area (Å²) in [6.07, 6.45) is 0. The van der Waals surface area contributed by atoms with Gasteiger partial charge in [0, 0.05) is 20.7 Å². The lowest BCUT2D eigenvalue weighted by atomic mass is 9.91. The third-order valence-electron chi connectivity index (χ3n) is 3.11. The largest absolute Gasteiger partial charge is 0.479 e. The summed E-state index contributed by atoms with van der Waals surface area (Å²) in [7, 11) is 0. The maximum Gasteiger partial charge on any atom is 0.333 e. The summed E-state index contributed by atoms with van der Waals surface area (Å²) in [5, 5.41) is 12.9. The second-order valence-electron chi connectivity index (χ2n) is 4.69. The zero-order valence-electron chi connectivity index (χ0n) is 11.0. The Kier molecular flexibility index (Phi) is 4.54. The molecule has 0 heterocycles. The topological polar surface area (TPSA) is 49.3 Å². The minimum atomic E-state index is -1.63. The van der Waals surface area contributed by atoms with Crippen LogP contribution in [0.4, 0.5) is 10.1 Å². The lowest BCUT2D eigenvalue weighted by Gasteiger charge is -2.28. The molecule has 0 aliphatic rings. The Morgan fingerprint density at radius 3 is 2.67 bits per heavy atom. The van der Waals surface area contributed by atoms with Crippen molar-refractivity contribution in [3.05, 3.63) is 63.3 Å². The molecule has 0 aliphatic heterocycles. The van der Waals surface area contributed by atoms with Crippen molar-refractivity contribution in [1.82, 2.24) is 0 Å². The van der Waals surface area contributed by atoms with E-state index in [4.69, 9.17) is 11.6 Å². The van der Waals surface area contributed by atoms with Crippen molar-refractivity contribution in [1.29, 1.82) is 0 Å². The van der Waals surface area contributed by atoms with Crippen molar-refractivity contribution < 1.29 is 14.3 Å². The molecule has 6 heteroatoms. The van der Waals surface area contributed by atoms with E-state index in [1.54, 1.807) is 24.3 Å². The maximum atomic E-state index is 14.1. The first-order valence-corrected chi connectivity index (χ1v) is 7.23. The molecule has 0 bridgehead atoms. The van der Waals surface area contributed by atoms with Gasteiger partial charge in [-0.2, -0.15) is 0 Å². The van der Waals surface area contributed by atoms with Crippen molar-refractivity contribution in [2.75, 3.05) is 5.32 Å². The molecular weight excluding hydrogens is 361 g/mol. The van der Waals surface area contributed by atoms with E-state index in [0.29, 0.717) is 15.2 Å². The molecule has 2 N–H and O–H groups in total. The molecule has 21 heavy (non-hydrogen) atoms. The number of benzene rings is 2. The van der Waals surface area contributed by atoms with Crippen LogP contribution in [0.5, 0.6) is 0 Å². The highest BCUT2D eigenvalue weighted by Gasteiger charge is 2.37. The van der Waals surface area contributed by atoms with Gasteiger partial charge in [-0.15, -0.1) is 0 Å². The van der Waals surface area contributed by atoms with Gasteiger partial charge in [0.1, 0.15) is 5.82 Å². The van der Waals surface area contributed by atoms with Gasteiger partial charge in [0.2, 0.25) is 0 Å². The van der Waals surface area contributed by atoms with Crippen molar-refractivity contribution in [2.45, 2.75) is 12.5 Å². The van der Waals surface area contributed by atoms with E-state index in [2.05, 4.69) is 21.2 Å². The zero-order chi connectivity index (χ0) is 15.6. The van der Waals surface area contributed by atoms with Gasteiger partial charge in [-0.3, -0.25) is 0 Å². The van der Waals surface area contributed by atoms with Crippen molar-refractivity contribution >= 4 is 39.2 Å². The molecule has 0 aromatic heterocycles. The SMILES string of the molecule is CC(Nc1cccc(Cl)c1)(C(=O)O)c1cc(Br)ccc1F. The standard InChI is InChI=1S/C15H12BrClFNO2/c1-15(14(20)21,12-7-9(16)5-6-13(12)18)19-11-4-2-3-10(17)8-11/h2-8,19H,1H3,(H,20,21). The van der Waals surface area contributed by atoms with Crippen LogP contribution in [0.3, 0.4) is 0 Å². The summed E-state index contributed by atoms with van der Waals surface area (Å²) >= 11 is 9.11. The Hall–Kier alpha value is -1.59. The number of aliphatic carboxylic acids is 1. The van der Waals surface area contributed by atoms with E-state index >= 15 is 0 Å². The fraction of sp³-hybridized carbons (Fsp3) is 0.133. The van der Waals surface area contributed by atoms with Gasteiger partial charge in [0.15, 0.2) is 5.54 Å². The molecule has 0 aliphatic carbocycles. The number of carboxylic acid groups (broad SMARTS) is 1. The monoisotopic (exact) mass is 371 g/mol. The van der Waals surface area contributed by atoms with Crippen LogP contribution in [0.1, 0.15) is 12.5 Å². The second-order valence-corrected chi connectivity index (χ2v) is 6.04. The van der Waals surface area contributed by atoms with Crippen LogP contribution in [-0.2, 0) is 10.3 Å². The van der Waals surface area contributed by atoms with Gasteiger partial charge in [-0.1, -0.05) is 33.6 Å². The molecule has 2 rings (SSSR count). The fourth-order valence-electron chi connectivity index (χ4n) is 1.97. The number of rotatable bonds is 4. The molecule has 0 amide bonds. The van der Waals surface area contributed by atoms with Gasteiger partial charge in [-0.25, -0.2) is 9.18 Å². The maximum absolute atomic E-state index is 14.1. The molecule has 2 aromatic rings. The van der Waals surface area contributed by atoms with E-state index in [1.165, 1.54) is 25.1 Å². The summed E-state index contributed by atoms with van der Waals surface area (Å²) in [4.78, 5) is 11.7. The van der Waals surface area contributed by atoms with E-state index in [0.717, 1.165) is 0 Å². The van der Waals surface area contributed by atoms with Crippen LogP contribution < -0.4 is 5.32 Å². The molecule has 1 unspecified atom stereocenters. The van der Waals surface area contributed by atoms with Gasteiger partial charge >= 0.3 is 5.97 Å². The highest BCUT2D eigenvalue weighted by atomic mass is 79.9. The lowest BCUT2D eigenvalue weighted by Crippen LogP contribution is -2.41. The third-order valence-corrected chi connectivity index (χ3v) is 3.84. The van der Waals surface area contributed by atoms with Crippen LogP contribution in [0, 0.1) is 5.82 Å². The van der Waals surface area contributed by atoms with Crippen LogP contribution in [0.2, 0.25) is 5.02 Å². The minimum absolute atomic E-state index is 0.0318.